The molecule has 0 spiro atoms. The van der Waals surface area contributed by atoms with Crippen LogP contribution in [0.1, 0.15) is 43.9 Å². The largest absolute Gasteiger partial charge is 0.457 e. The maximum absolute atomic E-state index is 9.74. The molecule has 2 rings (SSSR count). The fourth-order valence-electron chi connectivity index (χ4n) is 2.15. The standard InChI is InChI=1S/C18H22O2/c1-3-4-7-15-10-12-16(13-11-15)20-18-9-6-5-8-17(18)14(2)19/h5-6,8-14,19H,3-4,7H2,1-2H3/t14-/m1/s1. The van der Waals surface area contributed by atoms with Gasteiger partial charge in [-0.1, -0.05) is 43.7 Å². The second kappa shape index (κ2) is 7.11. The zero-order valence-electron chi connectivity index (χ0n) is 12.2. The molecular formula is C18H22O2. The van der Waals surface area contributed by atoms with Crippen molar-refractivity contribution in [3.63, 3.8) is 0 Å². The molecule has 2 aromatic rings. The summed E-state index contributed by atoms with van der Waals surface area (Å²) in [5.74, 6) is 1.52. The van der Waals surface area contributed by atoms with E-state index >= 15 is 0 Å². The third-order valence-electron chi connectivity index (χ3n) is 3.34. The summed E-state index contributed by atoms with van der Waals surface area (Å²) in [6, 6.07) is 15.8. The Bertz CT molecular complexity index is 529. The van der Waals surface area contributed by atoms with Crippen molar-refractivity contribution in [1.82, 2.24) is 0 Å². The molecule has 106 valence electrons. The highest BCUT2D eigenvalue weighted by molar-refractivity contribution is 5.39. The van der Waals surface area contributed by atoms with Crippen LogP contribution in [0.3, 0.4) is 0 Å². The normalized spacial score (nSPS) is 12.2. The van der Waals surface area contributed by atoms with Gasteiger partial charge in [-0.2, -0.15) is 0 Å². The molecule has 20 heavy (non-hydrogen) atoms. The highest BCUT2D eigenvalue weighted by Gasteiger charge is 2.08. The van der Waals surface area contributed by atoms with Gasteiger partial charge in [0.1, 0.15) is 11.5 Å². The Kier molecular flexibility index (Phi) is 5.19. The molecule has 2 aromatic carbocycles. The van der Waals surface area contributed by atoms with Crippen LogP contribution in [0.5, 0.6) is 11.5 Å². The zero-order chi connectivity index (χ0) is 14.4. The first-order valence-corrected chi connectivity index (χ1v) is 7.24. The van der Waals surface area contributed by atoms with Gasteiger partial charge in [-0.3, -0.25) is 0 Å². The Morgan fingerprint density at radius 3 is 2.40 bits per heavy atom. The Hall–Kier alpha value is -1.80. The molecule has 0 aliphatic heterocycles. The molecule has 2 heteroatoms. The number of aliphatic hydroxyl groups excluding tert-OH is 1. The molecule has 1 N–H and O–H groups in total. The van der Waals surface area contributed by atoms with E-state index in [2.05, 4.69) is 19.1 Å². The van der Waals surface area contributed by atoms with Crippen molar-refractivity contribution in [1.29, 1.82) is 0 Å². The topological polar surface area (TPSA) is 29.5 Å². The van der Waals surface area contributed by atoms with Gasteiger partial charge in [0.05, 0.1) is 6.10 Å². The van der Waals surface area contributed by atoms with Gasteiger partial charge < -0.3 is 9.84 Å². The van der Waals surface area contributed by atoms with E-state index in [9.17, 15) is 5.11 Å². The molecule has 0 fully saturated rings. The Labute approximate surface area is 121 Å². The third kappa shape index (κ3) is 3.84. The number of hydrogen-bond donors (Lipinski definition) is 1. The highest BCUT2D eigenvalue weighted by atomic mass is 16.5. The summed E-state index contributed by atoms with van der Waals surface area (Å²) >= 11 is 0. The van der Waals surface area contributed by atoms with Crippen molar-refractivity contribution in [2.24, 2.45) is 0 Å². The lowest BCUT2D eigenvalue weighted by Crippen LogP contribution is -1.95. The second-order valence-corrected chi connectivity index (χ2v) is 5.06. The molecule has 0 heterocycles. The van der Waals surface area contributed by atoms with Gasteiger partial charge in [-0.15, -0.1) is 0 Å². The highest BCUT2D eigenvalue weighted by Crippen LogP contribution is 2.29. The summed E-state index contributed by atoms with van der Waals surface area (Å²) in [7, 11) is 0. The molecule has 0 unspecified atom stereocenters. The van der Waals surface area contributed by atoms with Gasteiger partial charge in [0.25, 0.3) is 0 Å². The van der Waals surface area contributed by atoms with Gasteiger partial charge in [-0.25, -0.2) is 0 Å². The molecule has 0 amide bonds. The van der Waals surface area contributed by atoms with Crippen LogP contribution in [0.25, 0.3) is 0 Å². The fourth-order valence-corrected chi connectivity index (χ4v) is 2.15. The molecular weight excluding hydrogens is 248 g/mol. The molecule has 0 aliphatic rings. The number of unbranched alkanes of at least 4 members (excludes halogenated alkanes) is 1. The van der Waals surface area contributed by atoms with E-state index in [-0.39, 0.29) is 0 Å². The Morgan fingerprint density at radius 1 is 1.05 bits per heavy atom. The van der Waals surface area contributed by atoms with Gasteiger partial charge in [-0.05, 0) is 43.5 Å². The number of para-hydroxylation sites is 1. The van der Waals surface area contributed by atoms with Crippen molar-refractivity contribution in [2.75, 3.05) is 0 Å². The fraction of sp³-hybridized carbons (Fsp3) is 0.333. The van der Waals surface area contributed by atoms with E-state index in [1.807, 2.05) is 36.4 Å². The van der Waals surface area contributed by atoms with E-state index in [0.717, 1.165) is 17.7 Å². The number of aliphatic hydroxyl groups is 1. The molecule has 1 atom stereocenters. The number of benzene rings is 2. The van der Waals surface area contributed by atoms with E-state index in [1.165, 1.54) is 18.4 Å². The average molecular weight is 270 g/mol. The van der Waals surface area contributed by atoms with E-state index in [4.69, 9.17) is 4.74 Å². The number of aryl methyl sites for hydroxylation is 1. The minimum Gasteiger partial charge on any atom is -0.457 e. The lowest BCUT2D eigenvalue weighted by atomic mass is 10.1. The summed E-state index contributed by atoms with van der Waals surface area (Å²) < 4.78 is 5.87. The molecule has 0 aliphatic carbocycles. The molecule has 0 aromatic heterocycles. The van der Waals surface area contributed by atoms with Crippen LogP contribution < -0.4 is 4.74 Å². The lowest BCUT2D eigenvalue weighted by Gasteiger charge is -2.13. The summed E-state index contributed by atoms with van der Waals surface area (Å²) in [6.45, 7) is 3.94. The minimum atomic E-state index is -0.532. The summed E-state index contributed by atoms with van der Waals surface area (Å²) in [5.41, 5.74) is 2.14. The van der Waals surface area contributed by atoms with Crippen molar-refractivity contribution < 1.29 is 9.84 Å². The number of ether oxygens (including phenoxy) is 1. The van der Waals surface area contributed by atoms with Gasteiger partial charge in [0.2, 0.25) is 0 Å². The maximum atomic E-state index is 9.74. The van der Waals surface area contributed by atoms with Crippen LogP contribution in [-0.4, -0.2) is 5.11 Å². The lowest BCUT2D eigenvalue weighted by molar-refractivity contribution is 0.195. The van der Waals surface area contributed by atoms with Crippen molar-refractivity contribution in [3.8, 4) is 11.5 Å². The first-order chi connectivity index (χ1) is 9.70. The zero-order valence-corrected chi connectivity index (χ0v) is 12.2. The molecule has 0 saturated heterocycles. The van der Waals surface area contributed by atoms with E-state index in [0.29, 0.717) is 5.75 Å². The van der Waals surface area contributed by atoms with Crippen LogP contribution in [0, 0.1) is 0 Å². The smallest absolute Gasteiger partial charge is 0.133 e. The van der Waals surface area contributed by atoms with Crippen LogP contribution >= 0.6 is 0 Å². The van der Waals surface area contributed by atoms with Crippen LogP contribution in [0.2, 0.25) is 0 Å². The van der Waals surface area contributed by atoms with Crippen LogP contribution in [0.15, 0.2) is 48.5 Å². The predicted molar refractivity (Wildman–Crippen MR) is 82.2 cm³/mol. The molecule has 2 nitrogen and oxygen atoms in total. The Balaban J connectivity index is 2.10. The maximum Gasteiger partial charge on any atom is 0.133 e. The average Bonchev–Trinajstić information content (AvgIpc) is 2.47. The number of rotatable bonds is 6. The predicted octanol–water partition coefficient (Wildman–Crippen LogP) is 4.87. The van der Waals surface area contributed by atoms with Crippen molar-refractivity contribution in [3.05, 3.63) is 59.7 Å². The van der Waals surface area contributed by atoms with Crippen molar-refractivity contribution >= 4 is 0 Å². The van der Waals surface area contributed by atoms with Crippen LogP contribution in [0.4, 0.5) is 0 Å². The third-order valence-corrected chi connectivity index (χ3v) is 3.34. The first-order valence-electron chi connectivity index (χ1n) is 7.24. The number of hydrogen-bond acceptors (Lipinski definition) is 2. The van der Waals surface area contributed by atoms with Gasteiger partial charge in [0, 0.05) is 5.56 Å². The van der Waals surface area contributed by atoms with Crippen LogP contribution in [-0.2, 0) is 6.42 Å². The first kappa shape index (κ1) is 14.6. The van der Waals surface area contributed by atoms with E-state index in [1.54, 1.807) is 6.92 Å². The van der Waals surface area contributed by atoms with Crippen molar-refractivity contribution in [2.45, 2.75) is 39.2 Å². The summed E-state index contributed by atoms with van der Waals surface area (Å²) in [6.07, 6.45) is 3.00. The SMILES string of the molecule is CCCCc1ccc(Oc2ccccc2[C@@H](C)O)cc1. The monoisotopic (exact) mass is 270 g/mol. The quantitative estimate of drug-likeness (QED) is 0.811. The minimum absolute atomic E-state index is 0.532. The van der Waals surface area contributed by atoms with E-state index < -0.39 is 6.10 Å². The summed E-state index contributed by atoms with van der Waals surface area (Å²) in [4.78, 5) is 0. The second-order valence-electron chi connectivity index (χ2n) is 5.06. The molecule has 0 radical (unpaired) electrons. The van der Waals surface area contributed by atoms with Gasteiger partial charge in [0.15, 0.2) is 0 Å². The summed E-state index contributed by atoms with van der Waals surface area (Å²) in [5, 5.41) is 9.74. The molecule has 0 bridgehead atoms. The molecule has 0 saturated carbocycles. The van der Waals surface area contributed by atoms with Gasteiger partial charge >= 0.3 is 0 Å². The Morgan fingerprint density at radius 2 is 1.75 bits per heavy atom.